The highest BCUT2D eigenvalue weighted by atomic mass is 35.5. The molecule has 0 unspecified atom stereocenters. The van der Waals surface area contributed by atoms with Crippen molar-refractivity contribution in [2.75, 3.05) is 6.61 Å². The molecule has 0 aliphatic heterocycles. The number of hydrogen-bond donors (Lipinski definition) is 3. The minimum Gasteiger partial charge on any atom is -0.396 e. The zero-order valence-electron chi connectivity index (χ0n) is 14.8. The normalized spacial score (nSPS) is 9.36. The van der Waals surface area contributed by atoms with Crippen molar-refractivity contribution in [1.29, 1.82) is 0 Å². The van der Waals surface area contributed by atoms with E-state index in [1.807, 2.05) is 0 Å². The third kappa shape index (κ3) is 8.08. The van der Waals surface area contributed by atoms with Crippen LogP contribution in [0.3, 0.4) is 0 Å². The first kappa shape index (κ1) is 24.9. The van der Waals surface area contributed by atoms with Gasteiger partial charge < -0.3 is 16.2 Å². The molecule has 28 heavy (non-hydrogen) atoms. The van der Waals surface area contributed by atoms with Crippen molar-refractivity contribution in [1.82, 2.24) is 5.32 Å². The zero-order valence-corrected chi connectivity index (χ0v) is 15.6. The number of para-hydroxylation sites is 2. The summed E-state index contributed by atoms with van der Waals surface area (Å²) in [4.78, 5) is 31.1. The molecule has 0 aromatic heterocycles. The van der Waals surface area contributed by atoms with Gasteiger partial charge in [0.05, 0.1) is 16.5 Å². The number of carbonyl (C=O) groups is 1. The number of aliphatic hydroxyl groups excluding tert-OH is 1. The molecule has 0 aliphatic carbocycles. The highest BCUT2D eigenvalue weighted by Gasteiger charge is 2.12. The molecule has 0 spiro atoms. The van der Waals surface area contributed by atoms with E-state index in [0.717, 1.165) is 0 Å². The Bertz CT molecular complexity index is 803. The number of nitrogens with one attached hydrogen (secondary N) is 1. The van der Waals surface area contributed by atoms with Crippen molar-refractivity contribution in [3.05, 3.63) is 79.9 Å². The fraction of sp³-hybridized carbons (Fsp3) is 0.235. The molecule has 2 rings (SSSR count). The quantitative estimate of drug-likeness (QED) is 0.463. The predicted molar refractivity (Wildman–Crippen MR) is 105 cm³/mol. The van der Waals surface area contributed by atoms with Crippen LogP contribution in [0.1, 0.15) is 17.5 Å². The van der Waals surface area contributed by atoms with Crippen molar-refractivity contribution in [3.8, 4) is 0 Å². The monoisotopic (exact) mass is 412 g/mol. The molecule has 0 atom stereocenters. The van der Waals surface area contributed by atoms with E-state index in [0.29, 0.717) is 11.1 Å². The summed E-state index contributed by atoms with van der Waals surface area (Å²) in [5.41, 5.74) is 6.37. The molecule has 0 aliphatic rings. The number of aliphatic hydroxyl groups is 1. The first-order valence-electron chi connectivity index (χ1n) is 7.93. The van der Waals surface area contributed by atoms with E-state index in [4.69, 9.17) is 10.8 Å². The van der Waals surface area contributed by atoms with Gasteiger partial charge in [-0.25, -0.2) is 0 Å². The summed E-state index contributed by atoms with van der Waals surface area (Å²) in [6.45, 7) is 0.0653. The maximum atomic E-state index is 11.1. The van der Waals surface area contributed by atoms with E-state index < -0.39 is 9.85 Å². The van der Waals surface area contributed by atoms with Crippen LogP contribution < -0.4 is 11.1 Å². The van der Waals surface area contributed by atoms with Crippen molar-refractivity contribution >= 4 is 29.7 Å². The number of rotatable bonds is 7. The van der Waals surface area contributed by atoms with Crippen molar-refractivity contribution in [2.45, 2.75) is 19.5 Å². The van der Waals surface area contributed by atoms with Gasteiger partial charge in [-0.2, -0.15) is 0 Å². The molecule has 152 valence electrons. The van der Waals surface area contributed by atoms with E-state index in [1.165, 1.54) is 12.1 Å². The average molecular weight is 413 g/mol. The van der Waals surface area contributed by atoms with Gasteiger partial charge in [-0.3, -0.25) is 25.0 Å². The van der Waals surface area contributed by atoms with Gasteiger partial charge in [-0.1, -0.05) is 36.4 Å². The first-order valence-corrected chi connectivity index (χ1v) is 7.93. The number of halogens is 1. The molecule has 0 fully saturated rings. The van der Waals surface area contributed by atoms with Gasteiger partial charge in [0.15, 0.2) is 0 Å². The number of amides is 1. The van der Waals surface area contributed by atoms with Crippen LogP contribution in [0.15, 0.2) is 48.5 Å². The molecule has 0 saturated carbocycles. The maximum Gasteiger partial charge on any atom is 0.274 e. The maximum absolute atomic E-state index is 11.1. The van der Waals surface area contributed by atoms with Gasteiger partial charge in [-0.15, -0.1) is 12.4 Å². The van der Waals surface area contributed by atoms with Gasteiger partial charge in [0, 0.05) is 42.8 Å². The smallest absolute Gasteiger partial charge is 0.274 e. The Morgan fingerprint density at radius 3 is 1.86 bits per heavy atom. The molecule has 0 saturated heterocycles. The number of nitro benzene ring substituents is 2. The van der Waals surface area contributed by atoms with E-state index in [9.17, 15) is 25.0 Å². The lowest BCUT2D eigenvalue weighted by Gasteiger charge is -2.04. The molecule has 0 radical (unpaired) electrons. The van der Waals surface area contributed by atoms with E-state index in [1.54, 1.807) is 36.4 Å². The Labute approximate surface area is 167 Å². The number of hydrogen-bond acceptors (Lipinski definition) is 7. The van der Waals surface area contributed by atoms with Gasteiger partial charge in [0.25, 0.3) is 11.4 Å². The number of nitro groups is 2. The number of nitrogens with two attached hydrogens (primary N) is 1. The van der Waals surface area contributed by atoms with Crippen LogP contribution in [0, 0.1) is 20.2 Å². The molecule has 11 heteroatoms. The van der Waals surface area contributed by atoms with Gasteiger partial charge >= 0.3 is 0 Å². The van der Waals surface area contributed by atoms with E-state index in [2.05, 4.69) is 5.32 Å². The fourth-order valence-electron chi connectivity index (χ4n) is 2.08. The fourth-order valence-corrected chi connectivity index (χ4v) is 2.08. The average Bonchev–Trinajstić information content (AvgIpc) is 2.67. The predicted octanol–water partition coefficient (Wildman–Crippen LogP) is 2.07. The van der Waals surface area contributed by atoms with Gasteiger partial charge in [-0.05, 0) is 0 Å². The lowest BCUT2D eigenvalue weighted by atomic mass is 10.2. The number of benzene rings is 2. The summed E-state index contributed by atoms with van der Waals surface area (Å²) < 4.78 is 0. The van der Waals surface area contributed by atoms with Crippen molar-refractivity contribution < 1.29 is 19.7 Å². The van der Waals surface area contributed by atoms with E-state index in [-0.39, 0.29) is 55.8 Å². The molecular weight excluding hydrogens is 392 g/mol. The standard InChI is InChI=1S/C10H12N2O4.C7H8N2O2.ClH/c13-6-5-10(14)11-7-8-3-1-2-4-9(8)12(15)16;8-5-6-3-1-2-4-7(6)9(10)11;/h1-4,13H,5-7H2,(H,11,14);1-4H,5,8H2;1H. The Morgan fingerprint density at radius 2 is 1.43 bits per heavy atom. The molecular formula is C17H21ClN4O6. The topological polar surface area (TPSA) is 162 Å². The van der Waals surface area contributed by atoms with Crippen LogP contribution in [0.25, 0.3) is 0 Å². The molecule has 2 aromatic carbocycles. The van der Waals surface area contributed by atoms with Crippen LogP contribution in [0.5, 0.6) is 0 Å². The van der Waals surface area contributed by atoms with Crippen molar-refractivity contribution in [2.24, 2.45) is 5.73 Å². The lowest BCUT2D eigenvalue weighted by Crippen LogP contribution is -2.23. The molecule has 2 aromatic rings. The third-order valence-corrected chi connectivity index (χ3v) is 3.41. The number of nitrogens with zero attached hydrogens (tertiary/aromatic N) is 2. The van der Waals surface area contributed by atoms with Crippen LogP contribution in [-0.4, -0.2) is 27.5 Å². The van der Waals surface area contributed by atoms with Crippen LogP contribution >= 0.6 is 12.4 Å². The minimum absolute atomic E-state index is 0. The first-order chi connectivity index (χ1) is 12.9. The SMILES string of the molecule is Cl.NCc1ccccc1[N+](=O)[O-].O=C(CCO)NCc1ccccc1[N+](=O)[O-]. The second kappa shape index (κ2) is 13.1. The highest BCUT2D eigenvalue weighted by molar-refractivity contribution is 5.85. The summed E-state index contributed by atoms with van der Waals surface area (Å²) in [7, 11) is 0. The van der Waals surface area contributed by atoms with E-state index >= 15 is 0 Å². The molecule has 10 nitrogen and oxygen atoms in total. The largest absolute Gasteiger partial charge is 0.396 e. The minimum atomic E-state index is -0.493. The van der Waals surface area contributed by atoms with Crippen LogP contribution in [-0.2, 0) is 17.9 Å². The molecule has 1 amide bonds. The highest BCUT2D eigenvalue weighted by Crippen LogP contribution is 2.17. The van der Waals surface area contributed by atoms with Crippen molar-refractivity contribution in [3.63, 3.8) is 0 Å². The Kier molecular flexibility index (Phi) is 11.7. The number of carbonyl (C=O) groups excluding carboxylic acids is 1. The summed E-state index contributed by atoms with van der Waals surface area (Å²) >= 11 is 0. The second-order valence-corrected chi connectivity index (χ2v) is 5.23. The van der Waals surface area contributed by atoms with Gasteiger partial charge in [0.2, 0.25) is 5.91 Å². The summed E-state index contributed by atoms with van der Waals surface area (Å²) in [6.07, 6.45) is 0.000626. The Morgan fingerprint density at radius 1 is 0.964 bits per heavy atom. The van der Waals surface area contributed by atoms with Crippen LogP contribution in [0.2, 0.25) is 0 Å². The molecule has 4 N–H and O–H groups in total. The Hall–Kier alpha value is -3.08. The zero-order chi connectivity index (χ0) is 20.2. The lowest BCUT2D eigenvalue weighted by molar-refractivity contribution is -0.385. The summed E-state index contributed by atoms with van der Waals surface area (Å²) in [5.74, 6) is -0.333. The third-order valence-electron chi connectivity index (χ3n) is 3.41. The second-order valence-electron chi connectivity index (χ2n) is 5.23. The summed E-state index contributed by atoms with van der Waals surface area (Å²) in [6, 6.07) is 12.6. The summed E-state index contributed by atoms with van der Waals surface area (Å²) in [5, 5.41) is 32.0. The van der Waals surface area contributed by atoms with Gasteiger partial charge in [0.1, 0.15) is 0 Å². The Balaban J connectivity index is 0.000000535. The molecule has 0 bridgehead atoms. The molecule has 0 heterocycles. The van der Waals surface area contributed by atoms with Crippen LogP contribution in [0.4, 0.5) is 11.4 Å².